The molecule has 0 bridgehead atoms. The Balaban J connectivity index is 1.56. The lowest BCUT2D eigenvalue weighted by Gasteiger charge is -2.06. The highest BCUT2D eigenvalue weighted by atomic mass is 35.5. The first-order chi connectivity index (χ1) is 13.2. The molecule has 5 heteroatoms. The van der Waals surface area contributed by atoms with E-state index < -0.39 is 0 Å². The summed E-state index contributed by atoms with van der Waals surface area (Å²) < 4.78 is 0. The summed E-state index contributed by atoms with van der Waals surface area (Å²) >= 11 is 5.94. The Morgan fingerprint density at radius 3 is 2.41 bits per heavy atom. The molecule has 0 fully saturated rings. The van der Waals surface area contributed by atoms with Crippen molar-refractivity contribution in [1.29, 1.82) is 0 Å². The third-order valence-electron chi connectivity index (χ3n) is 4.19. The highest BCUT2D eigenvalue weighted by molar-refractivity contribution is 6.30. The van der Waals surface area contributed by atoms with Gasteiger partial charge in [-0.2, -0.15) is 5.10 Å². The lowest BCUT2D eigenvalue weighted by atomic mass is 10.1. The number of rotatable bonds is 4. The van der Waals surface area contributed by atoms with Gasteiger partial charge >= 0.3 is 0 Å². The number of hydrogen-bond donors (Lipinski definition) is 2. The maximum atomic E-state index is 12.3. The van der Waals surface area contributed by atoms with Gasteiger partial charge in [0.2, 0.25) is 0 Å². The second kappa shape index (κ2) is 7.48. The van der Waals surface area contributed by atoms with Crippen LogP contribution in [0.5, 0.6) is 0 Å². The van der Waals surface area contributed by atoms with E-state index in [1.807, 2.05) is 72.8 Å². The number of nitrogens with zero attached hydrogens (tertiary/aromatic N) is 1. The van der Waals surface area contributed by atoms with Gasteiger partial charge in [0.25, 0.3) is 5.91 Å². The molecule has 4 aromatic rings. The monoisotopic (exact) mass is 373 g/mol. The normalized spacial score (nSPS) is 10.6. The molecule has 1 aromatic heterocycles. The summed E-state index contributed by atoms with van der Waals surface area (Å²) in [5.74, 6) is -0.142. The van der Waals surface area contributed by atoms with Crippen molar-refractivity contribution >= 4 is 23.2 Å². The Hall–Kier alpha value is -3.37. The van der Waals surface area contributed by atoms with E-state index in [1.54, 1.807) is 12.1 Å². The molecule has 0 aliphatic carbocycles. The minimum absolute atomic E-state index is 0.142. The van der Waals surface area contributed by atoms with E-state index in [2.05, 4.69) is 15.5 Å². The summed E-state index contributed by atoms with van der Waals surface area (Å²) in [7, 11) is 0. The number of halogens is 1. The van der Waals surface area contributed by atoms with Gasteiger partial charge in [-0.1, -0.05) is 54.1 Å². The molecule has 3 aromatic carbocycles. The van der Waals surface area contributed by atoms with Crippen LogP contribution in [0.1, 0.15) is 10.4 Å². The fraction of sp³-hybridized carbons (Fsp3) is 0. The minimum Gasteiger partial charge on any atom is -0.322 e. The van der Waals surface area contributed by atoms with Crippen molar-refractivity contribution < 1.29 is 4.79 Å². The molecule has 0 saturated carbocycles. The molecule has 4 rings (SSSR count). The molecule has 4 nitrogen and oxygen atoms in total. The molecule has 132 valence electrons. The molecule has 0 aliphatic heterocycles. The third kappa shape index (κ3) is 3.91. The minimum atomic E-state index is -0.142. The van der Waals surface area contributed by atoms with Gasteiger partial charge in [-0.15, -0.1) is 0 Å². The smallest absolute Gasteiger partial charge is 0.255 e. The van der Waals surface area contributed by atoms with E-state index in [-0.39, 0.29) is 5.91 Å². The summed E-state index contributed by atoms with van der Waals surface area (Å²) in [4.78, 5) is 12.3. The molecule has 1 amide bonds. The predicted molar refractivity (Wildman–Crippen MR) is 109 cm³/mol. The van der Waals surface area contributed by atoms with Crippen molar-refractivity contribution in [3.8, 4) is 22.5 Å². The van der Waals surface area contributed by atoms with Crippen molar-refractivity contribution in [2.75, 3.05) is 5.32 Å². The molecular weight excluding hydrogens is 358 g/mol. The fourth-order valence-corrected chi connectivity index (χ4v) is 2.92. The summed E-state index contributed by atoms with van der Waals surface area (Å²) in [6, 6.07) is 26.3. The van der Waals surface area contributed by atoms with Crippen molar-refractivity contribution in [2.24, 2.45) is 0 Å². The van der Waals surface area contributed by atoms with E-state index in [4.69, 9.17) is 11.6 Å². The van der Waals surface area contributed by atoms with Crippen LogP contribution in [-0.2, 0) is 0 Å². The maximum absolute atomic E-state index is 12.3. The van der Waals surface area contributed by atoms with Crippen LogP contribution >= 0.6 is 11.6 Å². The van der Waals surface area contributed by atoms with E-state index in [1.165, 1.54) is 0 Å². The van der Waals surface area contributed by atoms with Gasteiger partial charge < -0.3 is 5.32 Å². The zero-order valence-electron chi connectivity index (χ0n) is 14.3. The van der Waals surface area contributed by atoms with Gasteiger partial charge in [0.1, 0.15) is 0 Å². The number of nitrogens with one attached hydrogen (secondary N) is 2. The van der Waals surface area contributed by atoms with Crippen LogP contribution in [0.3, 0.4) is 0 Å². The SMILES string of the molecule is O=C(Nc1cccc(-c2cc(-c3ccc(Cl)cc3)[nH]n2)c1)c1ccccc1. The van der Waals surface area contributed by atoms with Gasteiger partial charge in [-0.3, -0.25) is 9.89 Å². The summed E-state index contributed by atoms with van der Waals surface area (Å²) in [6.07, 6.45) is 0. The van der Waals surface area contributed by atoms with Crippen molar-refractivity contribution in [1.82, 2.24) is 10.2 Å². The number of hydrogen-bond acceptors (Lipinski definition) is 2. The third-order valence-corrected chi connectivity index (χ3v) is 4.44. The maximum Gasteiger partial charge on any atom is 0.255 e. The van der Waals surface area contributed by atoms with Gasteiger partial charge in [-0.25, -0.2) is 0 Å². The molecule has 0 atom stereocenters. The van der Waals surface area contributed by atoms with Gasteiger partial charge in [0.15, 0.2) is 0 Å². The quantitative estimate of drug-likeness (QED) is 0.485. The first-order valence-corrected chi connectivity index (χ1v) is 8.85. The second-order valence-corrected chi connectivity index (χ2v) is 6.51. The molecule has 0 saturated heterocycles. The van der Waals surface area contributed by atoms with E-state index in [0.29, 0.717) is 10.6 Å². The lowest BCUT2D eigenvalue weighted by molar-refractivity contribution is 0.102. The Kier molecular flexibility index (Phi) is 4.73. The molecule has 0 unspecified atom stereocenters. The van der Waals surface area contributed by atoms with Crippen LogP contribution in [0.25, 0.3) is 22.5 Å². The van der Waals surface area contributed by atoms with Gasteiger partial charge in [0, 0.05) is 21.8 Å². The molecule has 0 radical (unpaired) electrons. The highest BCUT2D eigenvalue weighted by Crippen LogP contribution is 2.26. The number of carbonyl (C=O) groups is 1. The number of benzene rings is 3. The van der Waals surface area contributed by atoms with Gasteiger partial charge in [-0.05, 0) is 48.0 Å². The van der Waals surface area contributed by atoms with Crippen LogP contribution in [0.15, 0.2) is 84.9 Å². The average molecular weight is 374 g/mol. The highest BCUT2D eigenvalue weighted by Gasteiger charge is 2.09. The number of H-pyrrole nitrogens is 1. The lowest BCUT2D eigenvalue weighted by Crippen LogP contribution is -2.11. The van der Waals surface area contributed by atoms with Crippen molar-refractivity contribution in [3.05, 3.63) is 95.5 Å². The molecule has 27 heavy (non-hydrogen) atoms. The van der Waals surface area contributed by atoms with Crippen LogP contribution in [0.2, 0.25) is 5.02 Å². The van der Waals surface area contributed by atoms with Crippen LogP contribution in [0, 0.1) is 0 Å². The molecular formula is C22H16ClN3O. The number of amides is 1. The zero-order chi connectivity index (χ0) is 18.6. The van der Waals surface area contributed by atoms with Crippen LogP contribution < -0.4 is 5.32 Å². The Labute approximate surface area is 161 Å². The molecule has 2 N–H and O–H groups in total. The van der Waals surface area contributed by atoms with E-state index in [0.717, 1.165) is 28.2 Å². The topological polar surface area (TPSA) is 57.8 Å². The summed E-state index contributed by atoms with van der Waals surface area (Å²) in [5.41, 5.74) is 4.96. The molecule has 0 aliphatic rings. The number of anilines is 1. The second-order valence-electron chi connectivity index (χ2n) is 6.07. The van der Waals surface area contributed by atoms with Crippen molar-refractivity contribution in [3.63, 3.8) is 0 Å². The largest absolute Gasteiger partial charge is 0.322 e. The molecule has 0 spiro atoms. The Morgan fingerprint density at radius 1 is 0.852 bits per heavy atom. The molecule has 1 heterocycles. The Bertz CT molecular complexity index is 1070. The zero-order valence-corrected chi connectivity index (χ0v) is 15.1. The number of carbonyl (C=O) groups excluding carboxylic acids is 1. The Morgan fingerprint density at radius 2 is 1.63 bits per heavy atom. The standard InChI is InChI=1S/C22H16ClN3O/c23-18-11-9-15(10-12-18)20-14-21(26-25-20)17-7-4-8-19(13-17)24-22(27)16-5-2-1-3-6-16/h1-14H,(H,24,27)(H,25,26). The number of aromatic nitrogens is 2. The first-order valence-electron chi connectivity index (χ1n) is 8.47. The summed E-state index contributed by atoms with van der Waals surface area (Å²) in [6.45, 7) is 0. The predicted octanol–water partition coefficient (Wildman–Crippen LogP) is 5.65. The number of aromatic amines is 1. The van der Waals surface area contributed by atoms with E-state index >= 15 is 0 Å². The average Bonchev–Trinajstić information content (AvgIpc) is 3.20. The first kappa shape index (κ1) is 17.1. The fourth-order valence-electron chi connectivity index (χ4n) is 2.80. The van der Waals surface area contributed by atoms with Crippen molar-refractivity contribution in [2.45, 2.75) is 0 Å². The van der Waals surface area contributed by atoms with Gasteiger partial charge in [0.05, 0.1) is 11.4 Å². The van der Waals surface area contributed by atoms with Crippen LogP contribution in [0.4, 0.5) is 5.69 Å². The van der Waals surface area contributed by atoms with Crippen LogP contribution in [-0.4, -0.2) is 16.1 Å². The van der Waals surface area contributed by atoms with E-state index in [9.17, 15) is 4.79 Å². The summed E-state index contributed by atoms with van der Waals surface area (Å²) in [5, 5.41) is 11.1.